The van der Waals surface area contributed by atoms with Gasteiger partial charge >= 0.3 is 0 Å². The molecular formula is C33H33N5O3S. The van der Waals surface area contributed by atoms with Crippen LogP contribution in [0.2, 0.25) is 0 Å². The first-order valence-corrected chi connectivity index (χ1v) is 15.0. The monoisotopic (exact) mass is 579 g/mol. The number of hydrogen-bond donors (Lipinski definition) is 2. The molecule has 214 valence electrons. The molecule has 8 nitrogen and oxygen atoms in total. The fraction of sp³-hybridized carbons (Fsp3) is 0.242. The van der Waals surface area contributed by atoms with Gasteiger partial charge in [0.15, 0.2) is 6.29 Å². The average Bonchev–Trinajstić information content (AvgIpc) is 3.53. The molecule has 1 saturated heterocycles. The molecule has 6 rings (SSSR count). The predicted octanol–water partition coefficient (Wildman–Crippen LogP) is 5.86. The molecule has 42 heavy (non-hydrogen) atoms. The molecule has 5 aromatic rings. The number of benzene rings is 4. The third-order valence-electron chi connectivity index (χ3n) is 7.60. The number of nitrogens with zero attached hydrogens (tertiary/aromatic N) is 4. The van der Waals surface area contributed by atoms with E-state index < -0.39 is 6.29 Å². The van der Waals surface area contributed by atoms with Crippen molar-refractivity contribution in [1.82, 2.24) is 20.2 Å². The van der Waals surface area contributed by atoms with Crippen molar-refractivity contribution in [3.05, 3.63) is 125 Å². The third kappa shape index (κ3) is 6.16. The number of nitrogens with two attached hydrogens (primary N) is 1. The van der Waals surface area contributed by atoms with Crippen LogP contribution < -0.4 is 5.73 Å². The van der Waals surface area contributed by atoms with Gasteiger partial charge in [-0.15, -0.1) is 5.10 Å². The number of thioether (sulfide) groups is 1. The second kappa shape index (κ2) is 13.0. The molecule has 4 aromatic carbocycles. The third-order valence-corrected chi connectivity index (χ3v) is 8.60. The Balaban J connectivity index is 1.29. The molecule has 0 bridgehead atoms. The summed E-state index contributed by atoms with van der Waals surface area (Å²) < 4.78 is 15.1. The van der Waals surface area contributed by atoms with Crippen LogP contribution in [0, 0.1) is 5.92 Å². The highest BCUT2D eigenvalue weighted by molar-refractivity contribution is 7.99. The number of para-hydroxylation sites is 1. The number of aliphatic hydroxyl groups is 1. The lowest BCUT2D eigenvalue weighted by molar-refractivity contribution is -0.268. The van der Waals surface area contributed by atoms with Gasteiger partial charge in [-0.2, -0.15) is 4.68 Å². The first kappa shape index (κ1) is 28.3. The maximum Gasteiger partial charge on any atom is 0.214 e. The second-order valence-corrected chi connectivity index (χ2v) is 11.4. The van der Waals surface area contributed by atoms with Gasteiger partial charge in [0, 0.05) is 23.8 Å². The van der Waals surface area contributed by atoms with Crippen LogP contribution in [0.25, 0.3) is 16.8 Å². The molecular weight excluding hydrogens is 546 g/mol. The molecule has 1 aliphatic rings. The SMILES string of the molecule is C[C@H]1[C@@H](CSc2nnnn2-c2ccccc2)O[C@@H](c2cccc(-c3cccc(CN)c3)c2)O[C@H]1c1ccc(CO)cc1. The van der Waals surface area contributed by atoms with E-state index >= 15 is 0 Å². The Morgan fingerprint density at radius 1 is 0.833 bits per heavy atom. The molecule has 0 radical (unpaired) electrons. The summed E-state index contributed by atoms with van der Waals surface area (Å²) in [5.41, 5.74) is 12.9. The highest BCUT2D eigenvalue weighted by atomic mass is 32.2. The Labute approximate surface area is 249 Å². The zero-order chi connectivity index (χ0) is 28.9. The quantitative estimate of drug-likeness (QED) is 0.209. The lowest BCUT2D eigenvalue weighted by Gasteiger charge is -2.41. The number of tetrazole rings is 1. The van der Waals surface area contributed by atoms with E-state index in [1.54, 1.807) is 16.4 Å². The van der Waals surface area contributed by atoms with E-state index in [2.05, 4.69) is 46.7 Å². The zero-order valence-corrected chi connectivity index (χ0v) is 24.1. The molecule has 0 amide bonds. The maximum atomic E-state index is 9.56. The molecule has 4 atom stereocenters. The Hall–Kier alpha value is -3.86. The molecule has 0 spiro atoms. The summed E-state index contributed by atoms with van der Waals surface area (Å²) in [6, 6.07) is 34.4. The molecule has 0 aliphatic carbocycles. The van der Waals surface area contributed by atoms with Crippen molar-refractivity contribution in [3.63, 3.8) is 0 Å². The van der Waals surface area contributed by atoms with Crippen molar-refractivity contribution in [2.45, 2.75) is 43.7 Å². The van der Waals surface area contributed by atoms with Crippen molar-refractivity contribution < 1.29 is 14.6 Å². The Kier molecular flexibility index (Phi) is 8.73. The van der Waals surface area contributed by atoms with Crippen molar-refractivity contribution >= 4 is 11.8 Å². The molecule has 0 saturated carbocycles. The van der Waals surface area contributed by atoms with Gasteiger partial charge in [-0.05, 0) is 62.5 Å². The molecule has 2 heterocycles. The Morgan fingerprint density at radius 2 is 1.60 bits per heavy atom. The van der Waals surface area contributed by atoms with E-state index in [-0.39, 0.29) is 24.7 Å². The summed E-state index contributed by atoms with van der Waals surface area (Å²) in [7, 11) is 0. The summed E-state index contributed by atoms with van der Waals surface area (Å²) in [6.07, 6.45) is -0.935. The fourth-order valence-corrected chi connectivity index (χ4v) is 6.26. The average molecular weight is 580 g/mol. The first-order valence-electron chi connectivity index (χ1n) is 14.0. The van der Waals surface area contributed by atoms with Crippen LogP contribution in [0.3, 0.4) is 0 Å². The molecule has 1 fully saturated rings. The number of rotatable bonds is 9. The van der Waals surface area contributed by atoms with Gasteiger partial charge < -0.3 is 20.3 Å². The van der Waals surface area contributed by atoms with Crippen LogP contribution in [-0.4, -0.2) is 37.2 Å². The lowest BCUT2D eigenvalue weighted by Crippen LogP contribution is -2.38. The van der Waals surface area contributed by atoms with Gasteiger partial charge in [-0.3, -0.25) is 0 Å². The first-order chi connectivity index (χ1) is 20.6. The van der Waals surface area contributed by atoms with Crippen LogP contribution >= 0.6 is 11.8 Å². The minimum Gasteiger partial charge on any atom is -0.392 e. The van der Waals surface area contributed by atoms with E-state index in [9.17, 15) is 5.11 Å². The van der Waals surface area contributed by atoms with Crippen LogP contribution in [0.5, 0.6) is 0 Å². The maximum absolute atomic E-state index is 9.56. The summed E-state index contributed by atoms with van der Waals surface area (Å²) >= 11 is 1.56. The number of aliphatic hydroxyl groups excluding tert-OH is 1. The summed E-state index contributed by atoms with van der Waals surface area (Å²) in [4.78, 5) is 0. The van der Waals surface area contributed by atoms with E-state index in [1.807, 2.05) is 78.9 Å². The zero-order valence-electron chi connectivity index (χ0n) is 23.3. The summed E-state index contributed by atoms with van der Waals surface area (Å²) in [6.45, 7) is 2.64. The summed E-state index contributed by atoms with van der Waals surface area (Å²) in [5, 5.41) is 22.7. The standard InChI is InChI=1S/C33H33N5O3S/c1-22-30(21-42-33-35-36-37-38(33)29-11-3-2-4-12-29)40-32(41-31(22)25-15-13-23(20-39)14-16-25)28-10-6-9-27(18-28)26-8-5-7-24(17-26)19-34/h2-18,22,30-32,39H,19-21,34H2,1H3/t22-,30+,31+,32+/m0/s1. The highest BCUT2D eigenvalue weighted by Crippen LogP contribution is 2.43. The van der Waals surface area contributed by atoms with Crippen molar-refractivity contribution in [1.29, 1.82) is 0 Å². The number of hydrogen-bond acceptors (Lipinski definition) is 8. The van der Waals surface area contributed by atoms with Gasteiger partial charge in [0.2, 0.25) is 5.16 Å². The van der Waals surface area contributed by atoms with Crippen LogP contribution in [0.1, 0.15) is 41.6 Å². The van der Waals surface area contributed by atoms with E-state index in [1.165, 1.54) is 0 Å². The van der Waals surface area contributed by atoms with Crippen molar-refractivity contribution in [2.24, 2.45) is 11.7 Å². The predicted molar refractivity (Wildman–Crippen MR) is 163 cm³/mol. The minimum absolute atomic E-state index is 0.000635. The van der Waals surface area contributed by atoms with Crippen LogP contribution in [-0.2, 0) is 22.6 Å². The Morgan fingerprint density at radius 3 is 2.36 bits per heavy atom. The molecule has 1 aromatic heterocycles. The lowest BCUT2D eigenvalue weighted by atomic mass is 9.91. The van der Waals surface area contributed by atoms with Crippen LogP contribution in [0.4, 0.5) is 0 Å². The number of ether oxygens (including phenoxy) is 2. The van der Waals surface area contributed by atoms with E-state index in [4.69, 9.17) is 15.2 Å². The van der Waals surface area contributed by atoms with Gasteiger partial charge in [0.1, 0.15) is 0 Å². The van der Waals surface area contributed by atoms with E-state index in [0.717, 1.165) is 39.1 Å². The van der Waals surface area contributed by atoms with Gasteiger partial charge in [-0.25, -0.2) is 0 Å². The van der Waals surface area contributed by atoms with Gasteiger partial charge in [-0.1, -0.05) is 97.5 Å². The minimum atomic E-state index is -0.572. The normalized spacial score (nSPS) is 20.5. The van der Waals surface area contributed by atoms with Gasteiger partial charge in [0.05, 0.1) is 24.5 Å². The molecule has 1 aliphatic heterocycles. The van der Waals surface area contributed by atoms with E-state index in [0.29, 0.717) is 17.5 Å². The molecule has 9 heteroatoms. The summed E-state index contributed by atoms with van der Waals surface area (Å²) in [5.74, 6) is 0.678. The fourth-order valence-electron chi connectivity index (χ4n) is 5.21. The largest absolute Gasteiger partial charge is 0.392 e. The highest BCUT2D eigenvalue weighted by Gasteiger charge is 2.38. The molecule has 0 unspecified atom stereocenters. The van der Waals surface area contributed by atoms with Crippen molar-refractivity contribution in [3.8, 4) is 16.8 Å². The smallest absolute Gasteiger partial charge is 0.214 e. The van der Waals surface area contributed by atoms with Gasteiger partial charge in [0.25, 0.3) is 0 Å². The Bertz CT molecular complexity index is 1610. The number of aromatic nitrogens is 4. The topological polar surface area (TPSA) is 108 Å². The van der Waals surface area contributed by atoms with Crippen LogP contribution in [0.15, 0.2) is 108 Å². The van der Waals surface area contributed by atoms with Crippen molar-refractivity contribution in [2.75, 3.05) is 5.75 Å². The molecule has 3 N–H and O–H groups in total. The second-order valence-electron chi connectivity index (χ2n) is 10.4.